The van der Waals surface area contributed by atoms with Crippen molar-refractivity contribution in [2.75, 3.05) is 32.7 Å². The van der Waals surface area contributed by atoms with Crippen LogP contribution >= 0.6 is 0 Å². The molecular formula is C24H38N4O4. The van der Waals surface area contributed by atoms with Crippen molar-refractivity contribution in [3.8, 4) is 0 Å². The number of nitrogens with zero attached hydrogens (tertiary/aromatic N) is 2. The molecule has 4 fully saturated rings. The summed E-state index contributed by atoms with van der Waals surface area (Å²) in [6, 6.07) is 0.0594. The number of amides is 4. The van der Waals surface area contributed by atoms with Gasteiger partial charge in [-0.05, 0) is 50.9 Å². The summed E-state index contributed by atoms with van der Waals surface area (Å²) >= 11 is 0. The standard InChI is InChI=1S/C24H38N4O4/c1-17(29)28-12-8-20-19(16-28)5-2-3-9-24(23(32)25-15-21(30)26-20)10-13-27(14-11-24)22(31)18-6-4-7-18/h18-20H,2-16H2,1H3,(H,25,32)(H,26,30)/t19-,20+/m0/s1. The van der Waals surface area contributed by atoms with E-state index in [9.17, 15) is 19.2 Å². The maximum Gasteiger partial charge on any atom is 0.239 e. The molecule has 0 bridgehead atoms. The van der Waals surface area contributed by atoms with E-state index in [4.69, 9.17) is 0 Å². The summed E-state index contributed by atoms with van der Waals surface area (Å²) in [4.78, 5) is 54.1. The zero-order valence-electron chi connectivity index (χ0n) is 19.4. The summed E-state index contributed by atoms with van der Waals surface area (Å²) in [5.74, 6) is 0.609. The van der Waals surface area contributed by atoms with Crippen LogP contribution in [0.25, 0.3) is 0 Å². The van der Waals surface area contributed by atoms with E-state index in [1.807, 2.05) is 9.80 Å². The summed E-state index contributed by atoms with van der Waals surface area (Å²) < 4.78 is 0. The van der Waals surface area contributed by atoms with Crippen molar-refractivity contribution in [1.82, 2.24) is 20.4 Å². The monoisotopic (exact) mass is 446 g/mol. The number of hydrogen-bond donors (Lipinski definition) is 2. The van der Waals surface area contributed by atoms with Crippen LogP contribution in [0, 0.1) is 17.3 Å². The van der Waals surface area contributed by atoms with Crippen molar-refractivity contribution in [3.05, 3.63) is 0 Å². The highest BCUT2D eigenvalue weighted by molar-refractivity contribution is 5.88. The van der Waals surface area contributed by atoms with Crippen molar-refractivity contribution in [2.45, 2.75) is 77.2 Å². The number of carbonyl (C=O) groups is 4. The van der Waals surface area contributed by atoms with Crippen LogP contribution in [0.4, 0.5) is 0 Å². The number of carbonyl (C=O) groups excluding carboxylic acids is 4. The molecule has 1 saturated carbocycles. The summed E-state index contributed by atoms with van der Waals surface area (Å²) in [6.45, 7) is 4.22. The number of rotatable bonds is 1. The molecule has 2 N–H and O–H groups in total. The fraction of sp³-hybridized carbons (Fsp3) is 0.833. The van der Waals surface area contributed by atoms with Gasteiger partial charge in [-0.25, -0.2) is 0 Å². The fourth-order valence-corrected chi connectivity index (χ4v) is 5.94. The van der Waals surface area contributed by atoms with Crippen LogP contribution in [-0.2, 0) is 19.2 Å². The van der Waals surface area contributed by atoms with E-state index in [0.717, 1.165) is 51.4 Å². The maximum absolute atomic E-state index is 13.2. The molecule has 3 aliphatic heterocycles. The molecule has 32 heavy (non-hydrogen) atoms. The smallest absolute Gasteiger partial charge is 0.239 e. The van der Waals surface area contributed by atoms with Gasteiger partial charge in [-0.3, -0.25) is 19.2 Å². The quantitative estimate of drug-likeness (QED) is 0.637. The molecule has 0 radical (unpaired) electrons. The molecule has 8 heteroatoms. The molecule has 178 valence electrons. The first kappa shape index (κ1) is 23.1. The highest BCUT2D eigenvalue weighted by Crippen LogP contribution is 2.39. The van der Waals surface area contributed by atoms with Crippen molar-refractivity contribution in [1.29, 1.82) is 0 Å². The van der Waals surface area contributed by atoms with Gasteiger partial charge >= 0.3 is 0 Å². The Labute approximate surface area is 190 Å². The lowest BCUT2D eigenvalue weighted by Gasteiger charge is -2.43. The topological polar surface area (TPSA) is 98.8 Å². The van der Waals surface area contributed by atoms with Crippen LogP contribution < -0.4 is 10.6 Å². The van der Waals surface area contributed by atoms with Crippen LogP contribution in [0.15, 0.2) is 0 Å². The normalized spacial score (nSPS) is 29.7. The van der Waals surface area contributed by atoms with Crippen LogP contribution in [0.5, 0.6) is 0 Å². The van der Waals surface area contributed by atoms with Gasteiger partial charge in [0.15, 0.2) is 0 Å². The minimum Gasteiger partial charge on any atom is -0.351 e. The number of piperidine rings is 2. The lowest BCUT2D eigenvalue weighted by molar-refractivity contribution is -0.145. The van der Waals surface area contributed by atoms with Crippen molar-refractivity contribution in [3.63, 3.8) is 0 Å². The van der Waals surface area contributed by atoms with Gasteiger partial charge in [-0.15, -0.1) is 0 Å². The summed E-state index contributed by atoms with van der Waals surface area (Å²) in [6.07, 6.45) is 8.90. The molecule has 4 rings (SSSR count). The number of hydrogen-bond acceptors (Lipinski definition) is 4. The molecular weight excluding hydrogens is 408 g/mol. The van der Waals surface area contributed by atoms with Gasteiger partial charge in [-0.1, -0.05) is 19.3 Å². The Hall–Kier alpha value is -2.12. The minimum atomic E-state index is -0.493. The molecule has 3 heterocycles. The average Bonchev–Trinajstić information content (AvgIpc) is 2.74. The van der Waals surface area contributed by atoms with Crippen LogP contribution in [0.2, 0.25) is 0 Å². The summed E-state index contributed by atoms with van der Waals surface area (Å²) in [5, 5.41) is 6.01. The van der Waals surface area contributed by atoms with E-state index >= 15 is 0 Å². The molecule has 0 aromatic carbocycles. The lowest BCUT2D eigenvalue weighted by Crippen LogP contribution is -2.55. The minimum absolute atomic E-state index is 0.00898. The Morgan fingerprint density at radius 3 is 2.31 bits per heavy atom. The highest BCUT2D eigenvalue weighted by atomic mass is 16.2. The van der Waals surface area contributed by atoms with Gasteiger partial charge in [0, 0.05) is 45.1 Å². The number of nitrogens with one attached hydrogen (secondary N) is 2. The van der Waals surface area contributed by atoms with Gasteiger partial charge < -0.3 is 20.4 Å². The molecule has 0 aromatic heterocycles. The first-order valence-electron chi connectivity index (χ1n) is 12.5. The lowest BCUT2D eigenvalue weighted by atomic mass is 9.72. The Morgan fingerprint density at radius 2 is 1.66 bits per heavy atom. The van der Waals surface area contributed by atoms with Gasteiger partial charge in [0.05, 0.1) is 12.0 Å². The fourth-order valence-electron chi connectivity index (χ4n) is 5.94. The summed E-state index contributed by atoms with van der Waals surface area (Å²) in [5.41, 5.74) is -0.493. The largest absolute Gasteiger partial charge is 0.351 e. The van der Waals surface area contributed by atoms with Gasteiger partial charge in [0.2, 0.25) is 23.6 Å². The summed E-state index contributed by atoms with van der Waals surface area (Å²) in [7, 11) is 0. The molecule has 4 aliphatic rings. The van der Waals surface area contributed by atoms with E-state index in [0.29, 0.717) is 39.0 Å². The third kappa shape index (κ3) is 4.94. The predicted octanol–water partition coefficient (Wildman–Crippen LogP) is 1.44. The van der Waals surface area contributed by atoms with Crippen LogP contribution in [0.1, 0.15) is 71.1 Å². The molecule has 3 saturated heterocycles. The zero-order chi connectivity index (χ0) is 22.7. The maximum atomic E-state index is 13.2. The first-order valence-corrected chi connectivity index (χ1v) is 12.5. The SMILES string of the molecule is CC(=O)N1CC[C@H]2NC(=O)CNC(=O)C3(CCCC[C@H]2C1)CCN(C(=O)C1CCC1)CC3. The van der Waals surface area contributed by atoms with Crippen molar-refractivity contribution >= 4 is 23.6 Å². The third-order valence-corrected chi connectivity index (χ3v) is 8.38. The molecule has 1 aliphatic carbocycles. The highest BCUT2D eigenvalue weighted by Gasteiger charge is 2.43. The molecule has 4 amide bonds. The zero-order valence-corrected chi connectivity index (χ0v) is 19.4. The van der Waals surface area contributed by atoms with Crippen LogP contribution in [-0.4, -0.2) is 72.2 Å². The second kappa shape index (κ2) is 9.79. The Balaban J connectivity index is 1.39. The Bertz CT molecular complexity index is 742. The van der Waals surface area contributed by atoms with Gasteiger partial charge in [0.1, 0.15) is 0 Å². The van der Waals surface area contributed by atoms with Crippen molar-refractivity contribution in [2.24, 2.45) is 17.3 Å². The van der Waals surface area contributed by atoms with Gasteiger partial charge in [0.25, 0.3) is 0 Å². The molecule has 1 spiro atoms. The number of likely N-dealkylation sites (tertiary alicyclic amines) is 2. The van der Waals surface area contributed by atoms with E-state index in [1.165, 1.54) is 0 Å². The molecule has 8 nitrogen and oxygen atoms in total. The van der Waals surface area contributed by atoms with E-state index < -0.39 is 5.41 Å². The van der Waals surface area contributed by atoms with Crippen LogP contribution in [0.3, 0.4) is 0 Å². The average molecular weight is 447 g/mol. The second-order valence-electron chi connectivity index (χ2n) is 10.3. The molecule has 0 unspecified atom stereocenters. The molecule has 0 aromatic rings. The molecule has 2 atom stereocenters. The Morgan fingerprint density at radius 1 is 0.906 bits per heavy atom. The first-order chi connectivity index (χ1) is 15.4. The predicted molar refractivity (Wildman–Crippen MR) is 119 cm³/mol. The van der Waals surface area contributed by atoms with E-state index in [2.05, 4.69) is 10.6 Å². The van der Waals surface area contributed by atoms with E-state index in [1.54, 1.807) is 6.92 Å². The second-order valence-corrected chi connectivity index (χ2v) is 10.3. The van der Waals surface area contributed by atoms with E-state index in [-0.39, 0.29) is 48.1 Å². The third-order valence-electron chi connectivity index (χ3n) is 8.38. The number of fused-ring (bicyclic) bond motifs is 1. The van der Waals surface area contributed by atoms with Crippen molar-refractivity contribution < 1.29 is 19.2 Å². The Kier molecular flexibility index (Phi) is 7.05. The van der Waals surface area contributed by atoms with Gasteiger partial charge in [-0.2, -0.15) is 0 Å².